The number of nitrogens with one attached hydrogen (secondary N) is 1. The van der Waals surface area contributed by atoms with Gasteiger partial charge in [0.15, 0.2) is 0 Å². The zero-order valence-corrected chi connectivity index (χ0v) is 11.0. The van der Waals surface area contributed by atoms with E-state index < -0.39 is 0 Å². The van der Waals surface area contributed by atoms with E-state index in [1.807, 2.05) is 24.3 Å². The first-order valence-corrected chi connectivity index (χ1v) is 6.77. The Morgan fingerprint density at radius 3 is 2.40 bits per heavy atom. The molecule has 20 heavy (non-hydrogen) atoms. The van der Waals surface area contributed by atoms with Gasteiger partial charge in [0.25, 0.3) is 0 Å². The fraction of sp³-hybridized carbons (Fsp3) is 0.235. The Morgan fingerprint density at radius 2 is 1.75 bits per heavy atom. The van der Waals surface area contributed by atoms with Crippen molar-refractivity contribution in [3.05, 3.63) is 65.5 Å². The number of halogens is 1. The standard InChI is InChI=1S/C17H15FN2/c18-17-4-2-1-3-16(17)13-9-15(10-13)20-14-7-5-12(11-19)6-8-14/h1-8,13,15,20H,9-10H2. The molecule has 2 aromatic carbocycles. The van der Waals surface area contributed by atoms with Crippen LogP contribution in [0, 0.1) is 17.1 Å². The van der Waals surface area contributed by atoms with Gasteiger partial charge < -0.3 is 5.32 Å². The largest absolute Gasteiger partial charge is 0.382 e. The van der Waals surface area contributed by atoms with Gasteiger partial charge in [-0.15, -0.1) is 0 Å². The second kappa shape index (κ2) is 5.34. The minimum Gasteiger partial charge on any atom is -0.382 e. The third kappa shape index (κ3) is 2.50. The molecule has 1 aliphatic rings. The van der Waals surface area contributed by atoms with Gasteiger partial charge in [-0.2, -0.15) is 5.26 Å². The van der Waals surface area contributed by atoms with Crippen molar-refractivity contribution in [2.45, 2.75) is 24.8 Å². The van der Waals surface area contributed by atoms with Crippen molar-refractivity contribution in [2.24, 2.45) is 0 Å². The first-order valence-electron chi connectivity index (χ1n) is 6.77. The smallest absolute Gasteiger partial charge is 0.126 e. The van der Waals surface area contributed by atoms with E-state index >= 15 is 0 Å². The second-order valence-electron chi connectivity index (χ2n) is 5.22. The maximum Gasteiger partial charge on any atom is 0.126 e. The minimum atomic E-state index is -0.102. The van der Waals surface area contributed by atoms with Crippen LogP contribution in [0.1, 0.15) is 29.9 Å². The van der Waals surface area contributed by atoms with Gasteiger partial charge >= 0.3 is 0 Å². The van der Waals surface area contributed by atoms with Gasteiger partial charge in [-0.25, -0.2) is 4.39 Å². The summed E-state index contributed by atoms with van der Waals surface area (Å²) >= 11 is 0. The summed E-state index contributed by atoms with van der Waals surface area (Å²) in [6, 6.07) is 16.9. The molecule has 2 aromatic rings. The zero-order chi connectivity index (χ0) is 13.9. The van der Waals surface area contributed by atoms with Crippen LogP contribution in [0.5, 0.6) is 0 Å². The highest BCUT2D eigenvalue weighted by Crippen LogP contribution is 2.39. The van der Waals surface area contributed by atoms with Crippen LogP contribution in [0.4, 0.5) is 10.1 Å². The molecule has 1 saturated carbocycles. The van der Waals surface area contributed by atoms with Crippen LogP contribution in [0.3, 0.4) is 0 Å². The highest BCUT2D eigenvalue weighted by molar-refractivity contribution is 5.48. The lowest BCUT2D eigenvalue weighted by Gasteiger charge is -2.37. The fourth-order valence-electron chi connectivity index (χ4n) is 2.67. The molecule has 0 spiro atoms. The normalized spacial score (nSPS) is 20.8. The maximum atomic E-state index is 13.6. The Kier molecular flexibility index (Phi) is 3.39. The van der Waals surface area contributed by atoms with E-state index in [-0.39, 0.29) is 5.82 Å². The minimum absolute atomic E-state index is 0.102. The molecule has 0 heterocycles. The molecule has 3 rings (SSSR count). The predicted molar refractivity (Wildman–Crippen MR) is 76.9 cm³/mol. The van der Waals surface area contributed by atoms with Gasteiger partial charge in [-0.3, -0.25) is 0 Å². The molecule has 0 aromatic heterocycles. The predicted octanol–water partition coefficient (Wildman–Crippen LogP) is 4.06. The van der Waals surface area contributed by atoms with E-state index in [2.05, 4.69) is 11.4 Å². The molecule has 0 atom stereocenters. The number of nitriles is 1. The lowest BCUT2D eigenvalue weighted by Crippen LogP contribution is -2.34. The van der Waals surface area contributed by atoms with Crippen LogP contribution in [-0.2, 0) is 0 Å². The van der Waals surface area contributed by atoms with Crippen LogP contribution in [-0.4, -0.2) is 6.04 Å². The third-order valence-corrected chi connectivity index (χ3v) is 3.87. The first kappa shape index (κ1) is 12.7. The molecule has 1 aliphatic carbocycles. The van der Waals surface area contributed by atoms with Crippen molar-refractivity contribution in [2.75, 3.05) is 5.32 Å². The average molecular weight is 266 g/mol. The van der Waals surface area contributed by atoms with Gasteiger partial charge in [0.1, 0.15) is 5.82 Å². The molecular weight excluding hydrogens is 251 g/mol. The molecule has 0 radical (unpaired) electrons. The van der Waals surface area contributed by atoms with Gasteiger partial charge in [-0.05, 0) is 54.7 Å². The maximum absolute atomic E-state index is 13.6. The Bertz CT molecular complexity index is 637. The van der Waals surface area contributed by atoms with E-state index in [1.54, 1.807) is 18.2 Å². The van der Waals surface area contributed by atoms with E-state index in [0.717, 1.165) is 24.1 Å². The summed E-state index contributed by atoms with van der Waals surface area (Å²) in [7, 11) is 0. The van der Waals surface area contributed by atoms with Crippen molar-refractivity contribution in [3.8, 4) is 6.07 Å². The van der Waals surface area contributed by atoms with Crippen molar-refractivity contribution >= 4 is 5.69 Å². The molecule has 2 nitrogen and oxygen atoms in total. The highest BCUT2D eigenvalue weighted by Gasteiger charge is 2.31. The van der Waals surface area contributed by atoms with Crippen LogP contribution in [0.15, 0.2) is 48.5 Å². The number of rotatable bonds is 3. The molecule has 0 bridgehead atoms. The van der Waals surface area contributed by atoms with Gasteiger partial charge in [0, 0.05) is 11.7 Å². The summed E-state index contributed by atoms with van der Waals surface area (Å²) in [4.78, 5) is 0. The van der Waals surface area contributed by atoms with E-state index in [9.17, 15) is 4.39 Å². The Balaban J connectivity index is 1.58. The first-order chi connectivity index (χ1) is 9.76. The zero-order valence-electron chi connectivity index (χ0n) is 11.0. The number of hydrogen-bond acceptors (Lipinski definition) is 2. The fourth-order valence-corrected chi connectivity index (χ4v) is 2.67. The summed E-state index contributed by atoms with van der Waals surface area (Å²) in [5.74, 6) is 0.210. The quantitative estimate of drug-likeness (QED) is 0.909. The molecule has 1 N–H and O–H groups in total. The molecular formula is C17H15FN2. The van der Waals surface area contributed by atoms with Crippen LogP contribution >= 0.6 is 0 Å². The summed E-state index contributed by atoms with van der Waals surface area (Å²) in [6.07, 6.45) is 1.89. The monoisotopic (exact) mass is 266 g/mol. The highest BCUT2D eigenvalue weighted by atomic mass is 19.1. The van der Waals surface area contributed by atoms with Crippen LogP contribution < -0.4 is 5.32 Å². The number of benzene rings is 2. The molecule has 100 valence electrons. The van der Waals surface area contributed by atoms with E-state index in [0.29, 0.717) is 17.5 Å². The Hall–Kier alpha value is -2.34. The summed E-state index contributed by atoms with van der Waals surface area (Å²) < 4.78 is 13.6. The summed E-state index contributed by atoms with van der Waals surface area (Å²) in [5.41, 5.74) is 2.50. The average Bonchev–Trinajstić information content (AvgIpc) is 2.44. The third-order valence-electron chi connectivity index (χ3n) is 3.87. The molecule has 3 heteroatoms. The number of hydrogen-bond donors (Lipinski definition) is 1. The van der Waals surface area contributed by atoms with Crippen molar-refractivity contribution in [3.63, 3.8) is 0 Å². The topological polar surface area (TPSA) is 35.8 Å². The molecule has 0 aliphatic heterocycles. The van der Waals surface area contributed by atoms with Gasteiger partial charge in [0.2, 0.25) is 0 Å². The summed E-state index contributed by atoms with van der Waals surface area (Å²) in [6.45, 7) is 0. The number of anilines is 1. The van der Waals surface area contributed by atoms with Crippen molar-refractivity contribution < 1.29 is 4.39 Å². The molecule has 0 amide bonds. The molecule has 0 unspecified atom stereocenters. The van der Waals surface area contributed by atoms with Gasteiger partial charge in [-0.1, -0.05) is 18.2 Å². The lowest BCUT2D eigenvalue weighted by atomic mass is 9.75. The van der Waals surface area contributed by atoms with E-state index in [4.69, 9.17) is 5.26 Å². The van der Waals surface area contributed by atoms with Crippen LogP contribution in [0.25, 0.3) is 0 Å². The lowest BCUT2D eigenvalue weighted by molar-refractivity contribution is 0.363. The number of nitrogens with zero attached hydrogens (tertiary/aromatic N) is 1. The van der Waals surface area contributed by atoms with E-state index in [1.165, 1.54) is 6.07 Å². The molecule has 1 fully saturated rings. The van der Waals surface area contributed by atoms with Gasteiger partial charge in [0.05, 0.1) is 11.6 Å². The van der Waals surface area contributed by atoms with Crippen molar-refractivity contribution in [1.29, 1.82) is 5.26 Å². The van der Waals surface area contributed by atoms with Crippen molar-refractivity contribution in [1.82, 2.24) is 0 Å². The SMILES string of the molecule is N#Cc1ccc(NC2CC(c3ccccc3F)C2)cc1. The Labute approximate surface area is 117 Å². The van der Waals surface area contributed by atoms with Crippen LogP contribution in [0.2, 0.25) is 0 Å². The summed E-state index contributed by atoms with van der Waals surface area (Å²) in [5, 5.41) is 12.2. The second-order valence-corrected chi connectivity index (χ2v) is 5.22. The molecule has 0 saturated heterocycles. The Morgan fingerprint density at radius 1 is 1.05 bits per heavy atom.